The Balaban J connectivity index is 2.40. The quantitative estimate of drug-likeness (QED) is 0.876. The van der Waals surface area contributed by atoms with E-state index in [0.29, 0.717) is 22.2 Å². The van der Waals surface area contributed by atoms with E-state index in [1.54, 1.807) is 18.5 Å². The zero-order chi connectivity index (χ0) is 13.1. The number of halogens is 1. The molecule has 0 saturated heterocycles. The van der Waals surface area contributed by atoms with Crippen LogP contribution in [0.15, 0.2) is 30.7 Å². The van der Waals surface area contributed by atoms with Crippen molar-refractivity contribution in [2.24, 2.45) is 5.73 Å². The van der Waals surface area contributed by atoms with E-state index in [2.05, 4.69) is 9.97 Å². The van der Waals surface area contributed by atoms with E-state index in [9.17, 15) is 0 Å². The Kier molecular flexibility index (Phi) is 3.74. The van der Waals surface area contributed by atoms with Crippen molar-refractivity contribution in [1.82, 2.24) is 9.97 Å². The van der Waals surface area contributed by atoms with Crippen LogP contribution in [0.3, 0.4) is 0 Å². The fraction of sp³-hybridized carbons (Fsp3) is 0.0833. The van der Waals surface area contributed by atoms with Gasteiger partial charge >= 0.3 is 0 Å². The highest BCUT2D eigenvalue weighted by Crippen LogP contribution is 2.26. The van der Waals surface area contributed by atoms with Crippen molar-refractivity contribution in [3.05, 3.63) is 46.9 Å². The van der Waals surface area contributed by atoms with Gasteiger partial charge in [-0.2, -0.15) is 0 Å². The summed E-state index contributed by atoms with van der Waals surface area (Å²) < 4.78 is 5.61. The second kappa shape index (κ2) is 5.29. The second-order valence-electron chi connectivity index (χ2n) is 3.61. The van der Waals surface area contributed by atoms with Gasteiger partial charge in [0.15, 0.2) is 0 Å². The minimum Gasteiger partial charge on any atom is -0.437 e. The molecule has 0 amide bonds. The summed E-state index contributed by atoms with van der Waals surface area (Å²) in [5.41, 5.74) is 7.19. The van der Waals surface area contributed by atoms with Crippen LogP contribution in [0.25, 0.3) is 0 Å². The summed E-state index contributed by atoms with van der Waals surface area (Å²) in [6, 6.07) is 3.46. The first kappa shape index (κ1) is 12.7. The number of thiocarbonyl (C=S) groups is 1. The van der Waals surface area contributed by atoms with E-state index in [4.69, 9.17) is 34.3 Å². The lowest BCUT2D eigenvalue weighted by atomic mass is 10.1. The van der Waals surface area contributed by atoms with Gasteiger partial charge in [0.05, 0.1) is 16.8 Å². The molecule has 0 aliphatic carbocycles. The van der Waals surface area contributed by atoms with Crippen LogP contribution in [-0.4, -0.2) is 15.0 Å². The monoisotopic (exact) mass is 279 g/mol. The summed E-state index contributed by atoms with van der Waals surface area (Å²) in [7, 11) is 0. The van der Waals surface area contributed by atoms with Crippen LogP contribution in [-0.2, 0) is 0 Å². The van der Waals surface area contributed by atoms with Gasteiger partial charge in [-0.05, 0) is 18.6 Å². The number of hydrogen-bond acceptors (Lipinski definition) is 4. The normalized spacial score (nSPS) is 10.1. The zero-order valence-corrected chi connectivity index (χ0v) is 11.1. The van der Waals surface area contributed by atoms with E-state index in [0.717, 1.165) is 5.56 Å². The average Bonchev–Trinajstić information content (AvgIpc) is 2.28. The maximum absolute atomic E-state index is 5.83. The maximum Gasteiger partial charge on any atom is 0.229 e. The standard InChI is InChI=1S/C12H10ClN3OS/c1-7-2-3-16-12(10(7)11(14)18)17-9-4-8(13)5-15-6-9/h2-6H,1H3,(H2,14,18). The van der Waals surface area contributed by atoms with Gasteiger partial charge in [0.1, 0.15) is 10.7 Å². The topological polar surface area (TPSA) is 61.0 Å². The largest absolute Gasteiger partial charge is 0.437 e. The molecule has 92 valence electrons. The maximum atomic E-state index is 5.83. The van der Waals surface area contributed by atoms with Gasteiger partial charge in [0.25, 0.3) is 0 Å². The van der Waals surface area contributed by atoms with Crippen LogP contribution in [0, 0.1) is 6.92 Å². The summed E-state index contributed by atoms with van der Waals surface area (Å²) in [6.45, 7) is 1.89. The fourth-order valence-corrected chi connectivity index (χ4v) is 1.88. The minimum atomic E-state index is 0.241. The first-order valence-corrected chi connectivity index (χ1v) is 5.90. The van der Waals surface area contributed by atoms with Crippen molar-refractivity contribution >= 4 is 28.8 Å². The molecule has 2 aromatic rings. The molecule has 2 heterocycles. The first-order valence-electron chi connectivity index (χ1n) is 5.11. The minimum absolute atomic E-state index is 0.241. The lowest BCUT2D eigenvalue weighted by Gasteiger charge is -2.10. The van der Waals surface area contributed by atoms with Crippen molar-refractivity contribution in [1.29, 1.82) is 0 Å². The number of aromatic nitrogens is 2. The molecule has 0 atom stereocenters. The Hall–Kier alpha value is -1.72. The van der Waals surface area contributed by atoms with E-state index < -0.39 is 0 Å². The van der Waals surface area contributed by atoms with Gasteiger partial charge < -0.3 is 10.5 Å². The molecule has 18 heavy (non-hydrogen) atoms. The Morgan fingerprint density at radius 3 is 2.89 bits per heavy atom. The first-order chi connectivity index (χ1) is 8.58. The summed E-state index contributed by atoms with van der Waals surface area (Å²) in [5.74, 6) is 0.838. The van der Waals surface area contributed by atoms with Crippen LogP contribution in [0.1, 0.15) is 11.1 Å². The zero-order valence-electron chi connectivity index (χ0n) is 9.55. The molecule has 2 N–H and O–H groups in total. The number of rotatable bonds is 3. The van der Waals surface area contributed by atoms with Gasteiger partial charge in [-0.25, -0.2) is 4.98 Å². The summed E-state index contributed by atoms with van der Waals surface area (Å²) in [5, 5.41) is 0.483. The predicted molar refractivity (Wildman–Crippen MR) is 74.2 cm³/mol. The highest BCUT2D eigenvalue weighted by Gasteiger charge is 2.12. The molecule has 2 aromatic heterocycles. The van der Waals surface area contributed by atoms with Crippen molar-refractivity contribution < 1.29 is 4.74 Å². The van der Waals surface area contributed by atoms with Crippen LogP contribution in [0.5, 0.6) is 11.6 Å². The molecule has 0 bridgehead atoms. The van der Waals surface area contributed by atoms with Gasteiger partial charge in [-0.3, -0.25) is 4.98 Å². The number of nitrogens with zero attached hydrogens (tertiary/aromatic N) is 2. The number of hydrogen-bond donors (Lipinski definition) is 1. The van der Waals surface area contributed by atoms with Crippen molar-refractivity contribution in [2.75, 3.05) is 0 Å². The third kappa shape index (κ3) is 2.75. The number of aryl methyl sites for hydroxylation is 1. The Bertz CT molecular complexity index is 604. The molecular formula is C12H10ClN3OS. The number of nitrogens with two attached hydrogens (primary N) is 1. The molecule has 0 aliphatic heterocycles. The van der Waals surface area contributed by atoms with E-state index >= 15 is 0 Å². The molecule has 0 spiro atoms. The van der Waals surface area contributed by atoms with Crippen molar-refractivity contribution in [3.63, 3.8) is 0 Å². The van der Waals surface area contributed by atoms with Crippen LogP contribution >= 0.6 is 23.8 Å². The van der Waals surface area contributed by atoms with Crippen LogP contribution in [0.2, 0.25) is 5.02 Å². The molecule has 0 aliphatic rings. The molecule has 0 fully saturated rings. The second-order valence-corrected chi connectivity index (χ2v) is 4.49. The SMILES string of the molecule is Cc1ccnc(Oc2cncc(Cl)c2)c1C(N)=S. The molecule has 2 rings (SSSR count). The molecule has 0 radical (unpaired) electrons. The number of pyridine rings is 2. The fourth-order valence-electron chi connectivity index (χ4n) is 1.47. The summed E-state index contributed by atoms with van der Waals surface area (Å²) >= 11 is 10.8. The lowest BCUT2D eigenvalue weighted by molar-refractivity contribution is 0.459. The van der Waals surface area contributed by atoms with Gasteiger partial charge in [0.2, 0.25) is 5.88 Å². The molecule has 0 aromatic carbocycles. The Morgan fingerprint density at radius 1 is 1.44 bits per heavy atom. The molecular weight excluding hydrogens is 270 g/mol. The van der Waals surface area contributed by atoms with Crippen molar-refractivity contribution in [2.45, 2.75) is 6.92 Å². The predicted octanol–water partition coefficient (Wildman–Crippen LogP) is 2.86. The third-order valence-electron chi connectivity index (χ3n) is 2.27. The Morgan fingerprint density at radius 2 is 2.22 bits per heavy atom. The highest BCUT2D eigenvalue weighted by atomic mass is 35.5. The average molecular weight is 280 g/mol. The number of ether oxygens (including phenoxy) is 1. The van der Waals surface area contributed by atoms with E-state index in [1.165, 1.54) is 6.20 Å². The van der Waals surface area contributed by atoms with E-state index in [-0.39, 0.29) is 4.99 Å². The third-order valence-corrected chi connectivity index (χ3v) is 2.68. The van der Waals surface area contributed by atoms with Gasteiger partial charge in [-0.1, -0.05) is 23.8 Å². The van der Waals surface area contributed by atoms with Crippen LogP contribution < -0.4 is 10.5 Å². The highest BCUT2D eigenvalue weighted by molar-refractivity contribution is 7.80. The Labute approximate surface area is 115 Å². The molecule has 0 saturated carbocycles. The molecule has 4 nitrogen and oxygen atoms in total. The summed E-state index contributed by atoms with van der Waals surface area (Å²) in [4.78, 5) is 8.29. The van der Waals surface area contributed by atoms with Crippen molar-refractivity contribution in [3.8, 4) is 11.6 Å². The van der Waals surface area contributed by atoms with Gasteiger partial charge in [-0.15, -0.1) is 0 Å². The van der Waals surface area contributed by atoms with Gasteiger partial charge in [0, 0.05) is 18.5 Å². The lowest BCUT2D eigenvalue weighted by Crippen LogP contribution is -2.13. The summed E-state index contributed by atoms with van der Waals surface area (Å²) in [6.07, 6.45) is 4.69. The van der Waals surface area contributed by atoms with Crippen LogP contribution in [0.4, 0.5) is 0 Å². The van der Waals surface area contributed by atoms with E-state index in [1.807, 2.05) is 13.0 Å². The molecule has 6 heteroatoms. The smallest absolute Gasteiger partial charge is 0.229 e. The molecule has 0 unspecified atom stereocenters.